The molecular weight excluding hydrogens is 301 g/mol. The van der Waals surface area contributed by atoms with Crippen LogP contribution < -0.4 is 0 Å². The molecule has 3 rings (SSSR count). The van der Waals surface area contributed by atoms with E-state index in [1.807, 2.05) is 0 Å². The van der Waals surface area contributed by atoms with Gasteiger partial charge >= 0.3 is 0 Å². The smallest absolute Gasteiger partial charge is 0.251 e. The molecule has 0 fully saturated rings. The Morgan fingerprint density at radius 1 is 1.19 bits per heavy atom. The molecular formula is C13H9F3N4S. The van der Waals surface area contributed by atoms with Crippen LogP contribution >= 0.6 is 11.8 Å². The van der Waals surface area contributed by atoms with Crippen LogP contribution in [0.25, 0.3) is 17.0 Å². The van der Waals surface area contributed by atoms with Crippen molar-refractivity contribution in [2.24, 2.45) is 0 Å². The molecule has 4 nitrogen and oxygen atoms in total. The van der Waals surface area contributed by atoms with Crippen LogP contribution in [0.3, 0.4) is 0 Å². The Morgan fingerprint density at radius 2 is 2.00 bits per heavy atom. The quantitative estimate of drug-likeness (QED) is 0.693. The van der Waals surface area contributed by atoms with Crippen molar-refractivity contribution in [2.45, 2.75) is 11.3 Å². The van der Waals surface area contributed by atoms with Crippen molar-refractivity contribution in [3.63, 3.8) is 0 Å². The summed E-state index contributed by atoms with van der Waals surface area (Å²) in [7, 11) is 0. The first-order valence-electron chi connectivity index (χ1n) is 5.93. The average molecular weight is 310 g/mol. The van der Waals surface area contributed by atoms with E-state index in [4.69, 9.17) is 0 Å². The molecule has 0 atom stereocenters. The summed E-state index contributed by atoms with van der Waals surface area (Å²) in [5.41, 5.74) is 0.926. The highest BCUT2D eigenvalue weighted by Gasteiger charge is 2.14. The molecule has 0 unspecified atom stereocenters. The topological polar surface area (TPSA) is 43.1 Å². The van der Waals surface area contributed by atoms with E-state index >= 15 is 0 Å². The van der Waals surface area contributed by atoms with E-state index in [1.54, 1.807) is 12.3 Å². The van der Waals surface area contributed by atoms with Gasteiger partial charge in [0, 0.05) is 4.90 Å². The zero-order valence-electron chi connectivity index (χ0n) is 10.8. The van der Waals surface area contributed by atoms with Crippen LogP contribution in [-0.4, -0.2) is 25.8 Å². The number of thioether (sulfide) groups is 1. The van der Waals surface area contributed by atoms with E-state index in [0.29, 0.717) is 21.9 Å². The van der Waals surface area contributed by atoms with Gasteiger partial charge in [0.2, 0.25) is 0 Å². The minimum atomic E-state index is -2.67. The van der Waals surface area contributed by atoms with Gasteiger partial charge in [-0.25, -0.2) is 22.7 Å². The third-order valence-electron chi connectivity index (χ3n) is 2.91. The highest BCUT2D eigenvalue weighted by Crippen LogP contribution is 2.26. The summed E-state index contributed by atoms with van der Waals surface area (Å²) in [5.74, 6) is -0.429. The fraction of sp³-hybridized carbons (Fsp3) is 0.154. The van der Waals surface area contributed by atoms with E-state index in [1.165, 1.54) is 34.6 Å². The predicted octanol–water partition coefficient (Wildman–Crippen LogP) is 3.59. The lowest BCUT2D eigenvalue weighted by molar-refractivity contribution is 0.144. The van der Waals surface area contributed by atoms with Crippen molar-refractivity contribution >= 4 is 17.4 Å². The lowest BCUT2D eigenvalue weighted by atomic mass is 10.3. The maximum Gasteiger partial charge on any atom is 0.282 e. The predicted molar refractivity (Wildman–Crippen MR) is 72.9 cm³/mol. The molecule has 3 aromatic rings. The number of imidazole rings is 1. The number of aromatic nitrogens is 4. The lowest BCUT2D eigenvalue weighted by Gasteiger charge is -2.05. The third-order valence-corrected chi connectivity index (χ3v) is 3.66. The van der Waals surface area contributed by atoms with Crippen molar-refractivity contribution < 1.29 is 13.2 Å². The molecule has 0 saturated carbocycles. The molecule has 0 radical (unpaired) electrons. The minimum Gasteiger partial charge on any atom is -0.251 e. The molecule has 0 aromatic carbocycles. The average Bonchev–Trinajstić information content (AvgIpc) is 2.90. The van der Waals surface area contributed by atoms with Crippen molar-refractivity contribution in [1.82, 2.24) is 19.6 Å². The first-order chi connectivity index (χ1) is 10.1. The minimum absolute atomic E-state index is 0.353. The third kappa shape index (κ3) is 2.46. The molecule has 108 valence electrons. The Morgan fingerprint density at radius 3 is 2.71 bits per heavy atom. The van der Waals surface area contributed by atoms with Gasteiger partial charge in [0.1, 0.15) is 11.4 Å². The van der Waals surface area contributed by atoms with Gasteiger partial charge in [0.25, 0.3) is 6.43 Å². The number of rotatable bonds is 3. The SMILES string of the molecule is CSc1cc(-c2cnc3ccc(C(F)F)nn23)ncc1F. The van der Waals surface area contributed by atoms with Crippen molar-refractivity contribution in [1.29, 1.82) is 0 Å². The van der Waals surface area contributed by atoms with Crippen molar-refractivity contribution in [2.75, 3.05) is 6.26 Å². The van der Waals surface area contributed by atoms with Crippen molar-refractivity contribution in [3.8, 4) is 11.4 Å². The van der Waals surface area contributed by atoms with E-state index < -0.39 is 12.2 Å². The number of alkyl halides is 2. The second-order valence-electron chi connectivity index (χ2n) is 4.18. The van der Waals surface area contributed by atoms with Gasteiger partial charge < -0.3 is 0 Å². The fourth-order valence-electron chi connectivity index (χ4n) is 1.90. The summed E-state index contributed by atoms with van der Waals surface area (Å²) < 4.78 is 40.2. The molecule has 0 aliphatic heterocycles. The maximum absolute atomic E-state index is 13.5. The van der Waals surface area contributed by atoms with Crippen LogP contribution in [-0.2, 0) is 0 Å². The van der Waals surface area contributed by atoms with Gasteiger partial charge in [0.15, 0.2) is 11.5 Å². The van der Waals surface area contributed by atoms with Gasteiger partial charge in [-0.15, -0.1) is 11.8 Å². The summed E-state index contributed by atoms with van der Waals surface area (Å²) >= 11 is 1.24. The van der Waals surface area contributed by atoms with E-state index in [2.05, 4.69) is 15.1 Å². The Labute approximate surface area is 122 Å². The van der Waals surface area contributed by atoms with E-state index in [0.717, 1.165) is 6.20 Å². The van der Waals surface area contributed by atoms with E-state index in [9.17, 15) is 13.2 Å². The van der Waals surface area contributed by atoms with Gasteiger partial charge in [-0.3, -0.25) is 4.98 Å². The first kappa shape index (κ1) is 13.9. The lowest BCUT2D eigenvalue weighted by Crippen LogP contribution is -2.00. The second-order valence-corrected chi connectivity index (χ2v) is 5.02. The zero-order chi connectivity index (χ0) is 15.0. The molecule has 3 aromatic heterocycles. The Kier molecular flexibility index (Phi) is 3.54. The zero-order valence-corrected chi connectivity index (χ0v) is 11.6. The normalized spacial score (nSPS) is 11.5. The highest BCUT2D eigenvalue weighted by molar-refractivity contribution is 7.98. The Bertz CT molecular complexity index is 803. The van der Waals surface area contributed by atoms with Gasteiger partial charge in [0.05, 0.1) is 18.1 Å². The number of hydrogen-bond acceptors (Lipinski definition) is 4. The first-order valence-corrected chi connectivity index (χ1v) is 7.15. The largest absolute Gasteiger partial charge is 0.282 e. The maximum atomic E-state index is 13.5. The summed E-state index contributed by atoms with van der Waals surface area (Å²) in [6, 6.07) is 4.22. The van der Waals surface area contributed by atoms with Crippen molar-refractivity contribution in [3.05, 3.63) is 42.1 Å². The van der Waals surface area contributed by atoms with Crippen LogP contribution in [0, 0.1) is 5.82 Å². The molecule has 0 aliphatic carbocycles. The van der Waals surface area contributed by atoms with Crippen LogP contribution in [0.4, 0.5) is 13.2 Å². The monoisotopic (exact) mass is 310 g/mol. The molecule has 0 N–H and O–H groups in total. The van der Waals surface area contributed by atoms with Gasteiger partial charge in [-0.05, 0) is 24.5 Å². The van der Waals surface area contributed by atoms with Crippen LogP contribution in [0.5, 0.6) is 0 Å². The number of nitrogens with zero attached hydrogens (tertiary/aromatic N) is 4. The van der Waals surface area contributed by atoms with Crippen LogP contribution in [0.2, 0.25) is 0 Å². The van der Waals surface area contributed by atoms with Gasteiger partial charge in [-0.2, -0.15) is 5.10 Å². The highest BCUT2D eigenvalue weighted by atomic mass is 32.2. The Balaban J connectivity index is 2.18. The van der Waals surface area contributed by atoms with E-state index in [-0.39, 0.29) is 5.69 Å². The number of fused-ring (bicyclic) bond motifs is 1. The molecule has 0 aliphatic rings. The number of pyridine rings is 1. The molecule has 0 amide bonds. The fourth-order valence-corrected chi connectivity index (χ4v) is 2.37. The van der Waals surface area contributed by atoms with Gasteiger partial charge in [-0.1, -0.05) is 0 Å². The van der Waals surface area contributed by atoms with Crippen LogP contribution in [0.15, 0.2) is 35.5 Å². The molecule has 3 heterocycles. The summed E-state index contributed by atoms with van der Waals surface area (Å²) in [6.07, 6.45) is 1.64. The number of hydrogen-bond donors (Lipinski definition) is 0. The van der Waals surface area contributed by atoms with Crippen LogP contribution in [0.1, 0.15) is 12.1 Å². The molecule has 21 heavy (non-hydrogen) atoms. The second kappa shape index (κ2) is 5.36. The summed E-state index contributed by atoms with van der Waals surface area (Å²) in [6.45, 7) is 0. The molecule has 0 spiro atoms. The molecule has 0 bridgehead atoms. The molecule has 8 heteroatoms. The molecule has 0 saturated heterocycles. The number of halogens is 3. The summed E-state index contributed by atoms with van der Waals surface area (Å²) in [5, 5.41) is 3.85. The Hall–Kier alpha value is -2.09. The summed E-state index contributed by atoms with van der Waals surface area (Å²) in [4.78, 5) is 8.48. The standard InChI is InChI=1S/C13H9F3N4S/c1-21-11-4-9(17-5-7(11)14)10-6-18-12-3-2-8(13(15)16)19-20(10)12/h2-6,13H,1H3.